The van der Waals surface area contributed by atoms with Gasteiger partial charge in [-0.2, -0.15) is 5.10 Å². The number of sulfonamides is 1. The zero-order chi connectivity index (χ0) is 22.5. The summed E-state index contributed by atoms with van der Waals surface area (Å²) in [6, 6.07) is 6.37. The Morgan fingerprint density at radius 1 is 1.26 bits per heavy atom. The number of amides is 1. The van der Waals surface area contributed by atoms with E-state index in [9.17, 15) is 13.2 Å². The van der Waals surface area contributed by atoms with Gasteiger partial charge in [-0.05, 0) is 44.0 Å². The fraction of sp³-hybridized carbons (Fsp3) is 0.381. The SMILES string of the molecule is COc1ccc(NC(=O)c2cc(C3CC3)nc3c2c(C)nn3C)cc1S(=O)(=O)N(C)C. The Morgan fingerprint density at radius 2 is 1.97 bits per heavy atom. The lowest BCUT2D eigenvalue weighted by molar-refractivity contribution is 0.102. The molecule has 4 rings (SSSR count). The van der Waals surface area contributed by atoms with Gasteiger partial charge in [-0.3, -0.25) is 9.48 Å². The van der Waals surface area contributed by atoms with E-state index in [4.69, 9.17) is 9.72 Å². The molecule has 1 saturated carbocycles. The molecule has 0 bridgehead atoms. The lowest BCUT2D eigenvalue weighted by Crippen LogP contribution is -2.23. The first kappa shape index (κ1) is 21.3. The molecular weight excluding hydrogens is 418 g/mol. The smallest absolute Gasteiger partial charge is 0.256 e. The fourth-order valence-electron chi connectivity index (χ4n) is 3.58. The fourth-order valence-corrected chi connectivity index (χ4v) is 4.66. The zero-order valence-electron chi connectivity index (χ0n) is 18.1. The molecule has 31 heavy (non-hydrogen) atoms. The van der Waals surface area contributed by atoms with E-state index in [0.29, 0.717) is 33.9 Å². The number of nitrogens with one attached hydrogen (secondary N) is 1. The van der Waals surface area contributed by atoms with E-state index >= 15 is 0 Å². The zero-order valence-corrected chi connectivity index (χ0v) is 18.9. The first-order valence-electron chi connectivity index (χ1n) is 9.89. The maximum Gasteiger partial charge on any atom is 0.256 e. The van der Waals surface area contributed by atoms with Crippen LogP contribution in [0.3, 0.4) is 0 Å². The van der Waals surface area contributed by atoms with E-state index in [1.54, 1.807) is 10.7 Å². The number of ether oxygens (including phenoxy) is 1. The third kappa shape index (κ3) is 3.77. The molecule has 2 aromatic heterocycles. The molecule has 1 fully saturated rings. The Labute approximate surface area is 181 Å². The van der Waals surface area contributed by atoms with Crippen molar-refractivity contribution in [3.05, 3.63) is 41.2 Å². The molecule has 0 saturated heterocycles. The molecule has 0 atom stereocenters. The predicted octanol–water partition coefficient (Wildman–Crippen LogP) is 2.67. The van der Waals surface area contributed by atoms with Gasteiger partial charge in [0.25, 0.3) is 5.91 Å². The Balaban J connectivity index is 1.76. The molecule has 10 heteroatoms. The summed E-state index contributed by atoms with van der Waals surface area (Å²) < 4.78 is 33.4. The van der Waals surface area contributed by atoms with Gasteiger partial charge in [-0.15, -0.1) is 0 Å². The number of carbonyl (C=O) groups is 1. The Morgan fingerprint density at radius 3 is 2.58 bits per heavy atom. The third-order valence-corrected chi connectivity index (χ3v) is 7.25. The monoisotopic (exact) mass is 443 g/mol. The van der Waals surface area contributed by atoms with Crippen LogP contribution in [-0.2, 0) is 17.1 Å². The lowest BCUT2D eigenvalue weighted by Gasteiger charge is -2.16. The number of nitrogens with zero attached hydrogens (tertiary/aromatic N) is 4. The maximum absolute atomic E-state index is 13.3. The maximum atomic E-state index is 13.3. The Bertz CT molecular complexity index is 1290. The van der Waals surface area contributed by atoms with Crippen molar-refractivity contribution in [2.45, 2.75) is 30.6 Å². The summed E-state index contributed by atoms with van der Waals surface area (Å²) in [6.07, 6.45) is 2.11. The van der Waals surface area contributed by atoms with Gasteiger partial charge in [-0.25, -0.2) is 17.7 Å². The molecule has 1 N–H and O–H groups in total. The normalized spacial score (nSPS) is 14.3. The number of hydrogen-bond donors (Lipinski definition) is 1. The van der Waals surface area contributed by atoms with Gasteiger partial charge in [-0.1, -0.05) is 0 Å². The van der Waals surface area contributed by atoms with Crippen molar-refractivity contribution >= 4 is 32.7 Å². The van der Waals surface area contributed by atoms with Gasteiger partial charge in [0.15, 0.2) is 5.65 Å². The summed E-state index contributed by atoms with van der Waals surface area (Å²) in [6.45, 7) is 1.84. The van der Waals surface area contributed by atoms with Crippen LogP contribution in [0.4, 0.5) is 5.69 Å². The van der Waals surface area contributed by atoms with Gasteiger partial charge in [0, 0.05) is 38.4 Å². The van der Waals surface area contributed by atoms with Crippen molar-refractivity contribution in [2.75, 3.05) is 26.5 Å². The number of benzene rings is 1. The number of aryl methyl sites for hydroxylation is 2. The molecule has 1 aliphatic rings. The number of pyridine rings is 1. The highest BCUT2D eigenvalue weighted by Gasteiger charge is 2.29. The summed E-state index contributed by atoms with van der Waals surface area (Å²) in [4.78, 5) is 18.0. The minimum atomic E-state index is -3.76. The van der Waals surface area contributed by atoms with Crippen molar-refractivity contribution < 1.29 is 17.9 Å². The summed E-state index contributed by atoms with van der Waals surface area (Å²) in [5, 5.41) is 7.95. The van der Waals surface area contributed by atoms with E-state index < -0.39 is 10.0 Å². The van der Waals surface area contributed by atoms with Crippen molar-refractivity contribution in [3.8, 4) is 5.75 Å². The van der Waals surface area contributed by atoms with E-state index in [1.807, 2.05) is 20.0 Å². The molecule has 0 spiro atoms. The predicted molar refractivity (Wildman–Crippen MR) is 117 cm³/mol. The molecule has 1 aromatic carbocycles. The summed E-state index contributed by atoms with van der Waals surface area (Å²) in [5.74, 6) is 0.227. The lowest BCUT2D eigenvalue weighted by atomic mass is 10.1. The van der Waals surface area contributed by atoms with E-state index in [-0.39, 0.29) is 16.6 Å². The van der Waals surface area contributed by atoms with Crippen molar-refractivity contribution in [2.24, 2.45) is 7.05 Å². The van der Waals surface area contributed by atoms with Gasteiger partial charge in [0.05, 0.1) is 23.8 Å². The van der Waals surface area contributed by atoms with Crippen LogP contribution in [0.15, 0.2) is 29.2 Å². The van der Waals surface area contributed by atoms with Gasteiger partial charge in [0.1, 0.15) is 10.6 Å². The van der Waals surface area contributed by atoms with Gasteiger partial charge >= 0.3 is 0 Å². The van der Waals surface area contributed by atoms with Crippen LogP contribution in [0.1, 0.15) is 40.5 Å². The number of anilines is 1. The Kier molecular flexibility index (Phi) is 5.22. The molecule has 1 amide bonds. The van der Waals surface area contributed by atoms with Crippen LogP contribution in [0.5, 0.6) is 5.75 Å². The van der Waals surface area contributed by atoms with Crippen LogP contribution in [0, 0.1) is 6.92 Å². The van der Waals surface area contributed by atoms with Crippen LogP contribution < -0.4 is 10.1 Å². The largest absolute Gasteiger partial charge is 0.495 e. The highest BCUT2D eigenvalue weighted by Crippen LogP contribution is 2.40. The van der Waals surface area contributed by atoms with Crippen LogP contribution in [0.2, 0.25) is 0 Å². The average molecular weight is 444 g/mol. The van der Waals surface area contributed by atoms with Crippen molar-refractivity contribution in [1.29, 1.82) is 0 Å². The molecular formula is C21H25N5O4S. The minimum Gasteiger partial charge on any atom is -0.495 e. The number of aromatic nitrogens is 3. The number of rotatable bonds is 6. The number of methoxy groups -OCH3 is 1. The number of hydrogen-bond acceptors (Lipinski definition) is 6. The molecule has 9 nitrogen and oxygen atoms in total. The molecule has 3 aromatic rings. The molecule has 164 valence electrons. The molecule has 2 heterocycles. The second-order valence-corrected chi connectivity index (χ2v) is 10.0. The minimum absolute atomic E-state index is 0.0195. The van der Waals surface area contributed by atoms with E-state index in [2.05, 4.69) is 10.4 Å². The highest BCUT2D eigenvalue weighted by molar-refractivity contribution is 7.89. The number of carbonyl (C=O) groups excluding carboxylic acids is 1. The van der Waals surface area contributed by atoms with Crippen molar-refractivity contribution in [1.82, 2.24) is 19.1 Å². The molecule has 0 aliphatic heterocycles. The van der Waals surface area contributed by atoms with Crippen molar-refractivity contribution in [3.63, 3.8) is 0 Å². The van der Waals surface area contributed by atoms with Crippen LogP contribution >= 0.6 is 0 Å². The standard InChI is InChI=1S/C21H25N5O4S/c1-12-19-15(11-16(13-6-7-13)23-20(19)26(4)24-12)21(27)22-14-8-9-17(30-5)18(10-14)31(28,29)25(2)3/h8-11,13H,6-7H2,1-5H3,(H,22,27). The third-order valence-electron chi connectivity index (χ3n) is 5.41. The van der Waals surface area contributed by atoms with E-state index in [1.165, 1.54) is 33.3 Å². The van der Waals surface area contributed by atoms with Gasteiger partial charge in [0.2, 0.25) is 10.0 Å². The molecule has 0 unspecified atom stereocenters. The summed E-state index contributed by atoms with van der Waals surface area (Å²) in [5.41, 5.74) is 3.09. The van der Waals surface area contributed by atoms with Gasteiger partial charge < -0.3 is 10.1 Å². The van der Waals surface area contributed by atoms with Crippen LogP contribution in [0.25, 0.3) is 11.0 Å². The Hall–Kier alpha value is -2.98. The second kappa shape index (κ2) is 7.61. The second-order valence-electron chi connectivity index (χ2n) is 7.88. The first-order chi connectivity index (χ1) is 14.6. The molecule has 1 aliphatic carbocycles. The van der Waals surface area contributed by atoms with E-state index in [0.717, 1.165) is 22.8 Å². The quantitative estimate of drug-likeness (QED) is 0.628. The average Bonchev–Trinajstić information content (AvgIpc) is 3.53. The summed E-state index contributed by atoms with van der Waals surface area (Å²) in [7, 11) is 2.34. The van der Waals surface area contributed by atoms with Crippen LogP contribution in [-0.4, -0.2) is 54.6 Å². The molecule has 0 radical (unpaired) electrons. The summed E-state index contributed by atoms with van der Waals surface area (Å²) >= 11 is 0. The highest BCUT2D eigenvalue weighted by atomic mass is 32.2. The topological polar surface area (TPSA) is 106 Å². The number of fused-ring (bicyclic) bond motifs is 1. The first-order valence-corrected chi connectivity index (χ1v) is 11.3.